The summed E-state index contributed by atoms with van der Waals surface area (Å²) in [5, 5.41) is 11.4. The molecule has 2 nitrogen and oxygen atoms in total. The Morgan fingerprint density at radius 2 is 2.27 bits per heavy atom. The lowest BCUT2D eigenvalue weighted by atomic mass is 10.2. The van der Waals surface area contributed by atoms with Crippen molar-refractivity contribution in [2.75, 3.05) is 5.32 Å². The highest BCUT2D eigenvalue weighted by Gasteiger charge is 2.00. The first-order chi connectivity index (χ1) is 5.25. The van der Waals surface area contributed by atoms with Gasteiger partial charge in [-0.15, -0.1) is 0 Å². The molecule has 0 aromatic heterocycles. The van der Waals surface area contributed by atoms with Gasteiger partial charge >= 0.3 is 0 Å². The monoisotopic (exact) mass is 166 g/mol. The van der Waals surface area contributed by atoms with Gasteiger partial charge in [-0.3, -0.25) is 5.32 Å². The van der Waals surface area contributed by atoms with E-state index >= 15 is 0 Å². The number of aryl methyl sites for hydroxylation is 1. The van der Waals surface area contributed by atoms with E-state index in [0.29, 0.717) is 10.7 Å². The smallest absolute Gasteiger partial charge is 0.181 e. The van der Waals surface area contributed by atoms with Crippen LogP contribution in [0.1, 0.15) is 5.56 Å². The van der Waals surface area contributed by atoms with Crippen molar-refractivity contribution >= 4 is 17.3 Å². The van der Waals surface area contributed by atoms with Gasteiger partial charge in [-0.05, 0) is 18.6 Å². The van der Waals surface area contributed by atoms with E-state index in [2.05, 4.69) is 5.32 Å². The normalized spacial score (nSPS) is 8.82. The molecule has 0 aliphatic heterocycles. The Bertz CT molecular complexity index is 281. The number of halogens is 1. The molecule has 0 aliphatic carbocycles. The lowest BCUT2D eigenvalue weighted by molar-refractivity contribution is 1.41. The molecule has 0 amide bonds. The summed E-state index contributed by atoms with van der Waals surface area (Å²) in [5.41, 5.74) is 1.66. The van der Waals surface area contributed by atoms with Crippen LogP contribution in [0.5, 0.6) is 0 Å². The van der Waals surface area contributed by atoms with Crippen molar-refractivity contribution in [3.63, 3.8) is 0 Å². The molecule has 0 bridgehead atoms. The van der Waals surface area contributed by atoms with E-state index in [1.165, 1.54) is 0 Å². The third kappa shape index (κ3) is 1.63. The highest BCUT2D eigenvalue weighted by molar-refractivity contribution is 6.33. The minimum Gasteiger partial charge on any atom is -0.291 e. The fraction of sp³-hybridized carbons (Fsp3) is 0.125. The summed E-state index contributed by atoms with van der Waals surface area (Å²) in [4.78, 5) is 0. The summed E-state index contributed by atoms with van der Waals surface area (Å²) in [5.74, 6) is 0. The summed E-state index contributed by atoms with van der Waals surface area (Å²) in [6.07, 6.45) is 1.83. The second-order valence-electron chi connectivity index (χ2n) is 2.17. The number of anilines is 1. The molecule has 1 aromatic carbocycles. The number of benzene rings is 1. The standard InChI is InChI=1S/C8H7ClN2/c1-6-3-2-4-7(9)8(6)11-5-10/h2-4,11H,1H3. The summed E-state index contributed by atoms with van der Waals surface area (Å²) in [7, 11) is 0. The van der Waals surface area contributed by atoms with Crippen LogP contribution >= 0.6 is 11.6 Å². The van der Waals surface area contributed by atoms with Crippen LogP contribution in [0.25, 0.3) is 0 Å². The van der Waals surface area contributed by atoms with Gasteiger partial charge in [0, 0.05) is 0 Å². The minimum atomic E-state index is 0.576. The van der Waals surface area contributed by atoms with Crippen LogP contribution in [0.15, 0.2) is 18.2 Å². The van der Waals surface area contributed by atoms with Gasteiger partial charge in [0.05, 0.1) is 10.7 Å². The Kier molecular flexibility index (Phi) is 2.35. The maximum atomic E-state index is 8.35. The van der Waals surface area contributed by atoms with Crippen molar-refractivity contribution in [3.8, 4) is 6.19 Å². The molecular formula is C8H7ClN2. The Balaban J connectivity index is 3.12. The average Bonchev–Trinajstić information content (AvgIpc) is 1.97. The molecule has 1 N–H and O–H groups in total. The van der Waals surface area contributed by atoms with Gasteiger partial charge in [0.25, 0.3) is 0 Å². The Morgan fingerprint density at radius 1 is 1.55 bits per heavy atom. The van der Waals surface area contributed by atoms with Gasteiger partial charge in [0.1, 0.15) is 0 Å². The van der Waals surface area contributed by atoms with Gasteiger partial charge < -0.3 is 0 Å². The van der Waals surface area contributed by atoms with E-state index in [9.17, 15) is 0 Å². The number of nitriles is 1. The van der Waals surface area contributed by atoms with Crippen LogP contribution in [0.4, 0.5) is 5.69 Å². The fourth-order valence-electron chi connectivity index (χ4n) is 0.846. The molecule has 0 atom stereocenters. The van der Waals surface area contributed by atoms with E-state index < -0.39 is 0 Å². The Labute approximate surface area is 70.4 Å². The van der Waals surface area contributed by atoms with Crippen molar-refractivity contribution in [3.05, 3.63) is 28.8 Å². The highest BCUT2D eigenvalue weighted by Crippen LogP contribution is 2.24. The van der Waals surface area contributed by atoms with E-state index in [1.54, 1.807) is 6.07 Å². The van der Waals surface area contributed by atoms with Crippen LogP contribution in [0, 0.1) is 18.4 Å². The number of nitrogens with one attached hydrogen (secondary N) is 1. The summed E-state index contributed by atoms with van der Waals surface area (Å²) < 4.78 is 0. The minimum absolute atomic E-state index is 0.576. The molecule has 0 spiro atoms. The number of para-hydroxylation sites is 1. The predicted octanol–water partition coefficient (Wildman–Crippen LogP) is 2.54. The van der Waals surface area contributed by atoms with Gasteiger partial charge in [-0.25, -0.2) is 0 Å². The molecule has 0 radical (unpaired) electrons. The van der Waals surface area contributed by atoms with Crippen LogP contribution in [0.3, 0.4) is 0 Å². The first kappa shape index (κ1) is 7.90. The van der Waals surface area contributed by atoms with Crippen molar-refractivity contribution in [1.82, 2.24) is 0 Å². The third-order valence-electron chi connectivity index (χ3n) is 1.40. The van der Waals surface area contributed by atoms with Gasteiger partial charge in [-0.2, -0.15) is 5.26 Å². The molecule has 56 valence electrons. The van der Waals surface area contributed by atoms with Crippen LogP contribution in [-0.2, 0) is 0 Å². The molecule has 0 aliphatic rings. The summed E-state index contributed by atoms with van der Waals surface area (Å²) in [6, 6.07) is 5.49. The maximum Gasteiger partial charge on any atom is 0.181 e. The predicted molar refractivity (Wildman–Crippen MR) is 45.4 cm³/mol. The first-order valence-corrected chi connectivity index (χ1v) is 3.53. The number of rotatable bonds is 1. The second-order valence-corrected chi connectivity index (χ2v) is 2.58. The largest absolute Gasteiger partial charge is 0.291 e. The molecule has 0 unspecified atom stereocenters. The highest BCUT2D eigenvalue weighted by atomic mass is 35.5. The zero-order valence-electron chi connectivity index (χ0n) is 6.06. The second kappa shape index (κ2) is 3.27. The summed E-state index contributed by atoms with van der Waals surface area (Å²) in [6.45, 7) is 1.89. The molecule has 0 heterocycles. The van der Waals surface area contributed by atoms with Crippen LogP contribution in [0.2, 0.25) is 5.02 Å². The van der Waals surface area contributed by atoms with E-state index in [0.717, 1.165) is 5.56 Å². The number of nitrogens with zero attached hydrogens (tertiary/aromatic N) is 1. The van der Waals surface area contributed by atoms with Crippen molar-refractivity contribution < 1.29 is 0 Å². The quantitative estimate of drug-likeness (QED) is 0.514. The van der Waals surface area contributed by atoms with Gasteiger partial charge in [0.15, 0.2) is 6.19 Å². The lowest BCUT2D eigenvalue weighted by Gasteiger charge is -2.03. The fourth-order valence-corrected chi connectivity index (χ4v) is 1.12. The molecule has 0 saturated carbocycles. The molecule has 0 fully saturated rings. The Morgan fingerprint density at radius 3 is 2.82 bits per heavy atom. The van der Waals surface area contributed by atoms with E-state index in [4.69, 9.17) is 16.9 Å². The first-order valence-electron chi connectivity index (χ1n) is 3.16. The summed E-state index contributed by atoms with van der Waals surface area (Å²) >= 11 is 5.79. The van der Waals surface area contributed by atoms with Crippen molar-refractivity contribution in [2.24, 2.45) is 0 Å². The van der Waals surface area contributed by atoms with Gasteiger partial charge in [-0.1, -0.05) is 23.7 Å². The third-order valence-corrected chi connectivity index (χ3v) is 1.72. The molecule has 0 saturated heterocycles. The zero-order valence-corrected chi connectivity index (χ0v) is 6.81. The van der Waals surface area contributed by atoms with Crippen molar-refractivity contribution in [1.29, 1.82) is 5.26 Å². The number of hydrogen-bond donors (Lipinski definition) is 1. The topological polar surface area (TPSA) is 35.8 Å². The molecule has 11 heavy (non-hydrogen) atoms. The van der Waals surface area contributed by atoms with E-state index in [-0.39, 0.29) is 0 Å². The average molecular weight is 167 g/mol. The lowest BCUT2D eigenvalue weighted by Crippen LogP contribution is -1.91. The molecule has 1 aromatic rings. The van der Waals surface area contributed by atoms with Gasteiger partial charge in [0.2, 0.25) is 0 Å². The van der Waals surface area contributed by atoms with E-state index in [1.807, 2.05) is 25.2 Å². The SMILES string of the molecule is Cc1cccc(Cl)c1NC#N. The van der Waals surface area contributed by atoms with Crippen molar-refractivity contribution in [2.45, 2.75) is 6.92 Å². The number of hydrogen-bond acceptors (Lipinski definition) is 2. The molecular weight excluding hydrogens is 160 g/mol. The molecule has 3 heteroatoms. The Hall–Kier alpha value is -1.20. The van der Waals surface area contributed by atoms with Crippen LogP contribution in [-0.4, -0.2) is 0 Å². The molecule has 1 rings (SSSR count). The maximum absolute atomic E-state index is 8.35. The zero-order chi connectivity index (χ0) is 8.27. The van der Waals surface area contributed by atoms with Crippen LogP contribution < -0.4 is 5.32 Å².